The maximum Gasteiger partial charge on any atom is 0.328 e. The lowest BCUT2D eigenvalue weighted by Crippen LogP contribution is -2.08. The van der Waals surface area contributed by atoms with E-state index in [0.29, 0.717) is 35.2 Å². The van der Waals surface area contributed by atoms with Gasteiger partial charge in [0, 0.05) is 6.08 Å². The number of allylic oxidation sites excluding steroid dienone is 3. The zero-order valence-electron chi connectivity index (χ0n) is 13.8. The van der Waals surface area contributed by atoms with Crippen LogP contribution in [0.15, 0.2) is 42.0 Å². The highest BCUT2D eigenvalue weighted by Crippen LogP contribution is 2.25. The van der Waals surface area contributed by atoms with Gasteiger partial charge >= 0.3 is 5.97 Å². The molecule has 5 nitrogen and oxygen atoms in total. The molecule has 1 aromatic rings. The number of ether oxygens (including phenoxy) is 2. The Labute approximate surface area is 136 Å². The molecular formula is C18H22O5. The quantitative estimate of drug-likeness (QED) is 0.451. The maximum atomic E-state index is 12.4. The van der Waals surface area contributed by atoms with Crippen molar-refractivity contribution in [2.45, 2.75) is 20.8 Å². The fourth-order valence-corrected chi connectivity index (χ4v) is 1.75. The van der Waals surface area contributed by atoms with Gasteiger partial charge in [0.2, 0.25) is 0 Å². The molecule has 23 heavy (non-hydrogen) atoms. The van der Waals surface area contributed by atoms with Crippen LogP contribution in [-0.4, -0.2) is 30.6 Å². The molecule has 0 aliphatic rings. The SMILES string of the molecule is COc1ccc(OCC(C)C)c(C(=O)/C=C/C(C)=C/C(=O)O)c1. The third kappa shape index (κ3) is 6.38. The van der Waals surface area contributed by atoms with E-state index in [-0.39, 0.29) is 5.78 Å². The van der Waals surface area contributed by atoms with Crippen molar-refractivity contribution in [1.82, 2.24) is 0 Å². The zero-order chi connectivity index (χ0) is 17.4. The summed E-state index contributed by atoms with van der Waals surface area (Å²) in [5, 5.41) is 8.67. The molecule has 0 saturated heterocycles. The fraction of sp³-hybridized carbons (Fsp3) is 0.333. The summed E-state index contributed by atoms with van der Waals surface area (Å²) in [6.45, 7) is 6.14. The number of ketones is 1. The second-order valence-electron chi connectivity index (χ2n) is 5.49. The van der Waals surface area contributed by atoms with Crippen molar-refractivity contribution in [3.63, 3.8) is 0 Å². The minimum absolute atomic E-state index is 0.277. The Bertz CT molecular complexity index is 626. The number of hydrogen-bond acceptors (Lipinski definition) is 4. The van der Waals surface area contributed by atoms with Crippen LogP contribution in [0.5, 0.6) is 11.5 Å². The smallest absolute Gasteiger partial charge is 0.328 e. The van der Waals surface area contributed by atoms with E-state index in [2.05, 4.69) is 0 Å². The van der Waals surface area contributed by atoms with E-state index in [0.717, 1.165) is 6.08 Å². The standard InChI is InChI=1S/C18H22O5/c1-12(2)11-23-17-8-6-14(22-4)10-15(17)16(19)7-5-13(3)9-18(20)21/h5-10,12H,11H2,1-4H3,(H,20,21)/b7-5+,13-9+. The number of carbonyl (C=O) groups is 2. The number of aliphatic carboxylic acids is 1. The van der Waals surface area contributed by atoms with Crippen LogP contribution in [0.4, 0.5) is 0 Å². The normalized spacial score (nSPS) is 11.8. The molecule has 0 bridgehead atoms. The van der Waals surface area contributed by atoms with Crippen LogP contribution in [0, 0.1) is 5.92 Å². The number of hydrogen-bond donors (Lipinski definition) is 1. The predicted molar refractivity (Wildman–Crippen MR) is 88.2 cm³/mol. The summed E-state index contributed by atoms with van der Waals surface area (Å²) in [6.07, 6.45) is 3.82. The van der Waals surface area contributed by atoms with Gasteiger partial charge in [-0.2, -0.15) is 0 Å². The lowest BCUT2D eigenvalue weighted by Gasteiger charge is -2.13. The molecule has 0 amide bonds. The summed E-state index contributed by atoms with van der Waals surface area (Å²) in [5.41, 5.74) is 0.850. The second kappa shape index (κ2) is 8.78. The number of benzene rings is 1. The number of methoxy groups -OCH3 is 1. The van der Waals surface area contributed by atoms with E-state index < -0.39 is 5.97 Å². The van der Waals surface area contributed by atoms with Gasteiger partial charge in [-0.05, 0) is 42.7 Å². The first-order chi connectivity index (χ1) is 10.8. The topological polar surface area (TPSA) is 72.8 Å². The highest BCUT2D eigenvalue weighted by atomic mass is 16.5. The van der Waals surface area contributed by atoms with Crippen LogP contribution in [0.2, 0.25) is 0 Å². The third-order valence-electron chi connectivity index (χ3n) is 2.87. The summed E-state index contributed by atoms with van der Waals surface area (Å²) >= 11 is 0. The number of carbonyl (C=O) groups excluding carboxylic acids is 1. The van der Waals surface area contributed by atoms with Crippen molar-refractivity contribution < 1.29 is 24.2 Å². The highest BCUT2D eigenvalue weighted by molar-refractivity contribution is 6.07. The van der Waals surface area contributed by atoms with Crippen molar-refractivity contribution in [1.29, 1.82) is 0 Å². The Balaban J connectivity index is 3.04. The van der Waals surface area contributed by atoms with Crippen molar-refractivity contribution in [3.8, 4) is 11.5 Å². The van der Waals surface area contributed by atoms with Crippen LogP contribution in [-0.2, 0) is 4.79 Å². The van der Waals surface area contributed by atoms with E-state index in [1.807, 2.05) is 13.8 Å². The predicted octanol–water partition coefficient (Wildman–Crippen LogP) is 3.50. The van der Waals surface area contributed by atoms with E-state index in [1.165, 1.54) is 19.3 Å². The minimum atomic E-state index is -1.05. The molecular weight excluding hydrogens is 296 g/mol. The van der Waals surface area contributed by atoms with Gasteiger partial charge in [-0.3, -0.25) is 4.79 Å². The van der Waals surface area contributed by atoms with Gasteiger partial charge in [0.1, 0.15) is 11.5 Å². The molecule has 0 fully saturated rings. The van der Waals surface area contributed by atoms with Crippen LogP contribution < -0.4 is 9.47 Å². The molecule has 0 radical (unpaired) electrons. The largest absolute Gasteiger partial charge is 0.497 e. The molecule has 1 aromatic carbocycles. The summed E-state index contributed by atoms with van der Waals surface area (Å²) in [4.78, 5) is 23.0. The lowest BCUT2D eigenvalue weighted by molar-refractivity contribution is -0.131. The second-order valence-corrected chi connectivity index (χ2v) is 5.49. The Morgan fingerprint density at radius 1 is 1.26 bits per heavy atom. The molecule has 0 aliphatic carbocycles. The maximum absolute atomic E-state index is 12.4. The first-order valence-electron chi connectivity index (χ1n) is 7.28. The summed E-state index contributed by atoms with van der Waals surface area (Å²) in [5.74, 6) is 0.0320. The van der Waals surface area contributed by atoms with Gasteiger partial charge in [-0.15, -0.1) is 0 Å². The van der Waals surface area contributed by atoms with Gasteiger partial charge in [0.25, 0.3) is 0 Å². The molecule has 5 heteroatoms. The molecule has 0 heterocycles. The van der Waals surface area contributed by atoms with E-state index in [1.54, 1.807) is 25.1 Å². The van der Waals surface area contributed by atoms with Gasteiger partial charge in [0.15, 0.2) is 5.78 Å². The van der Waals surface area contributed by atoms with Crippen molar-refractivity contribution in [2.75, 3.05) is 13.7 Å². The van der Waals surface area contributed by atoms with E-state index in [9.17, 15) is 9.59 Å². The van der Waals surface area contributed by atoms with Gasteiger partial charge < -0.3 is 14.6 Å². The van der Waals surface area contributed by atoms with Crippen LogP contribution in [0.1, 0.15) is 31.1 Å². The lowest BCUT2D eigenvalue weighted by atomic mass is 10.1. The monoisotopic (exact) mass is 318 g/mol. The van der Waals surface area contributed by atoms with Crippen molar-refractivity contribution >= 4 is 11.8 Å². The Kier molecular flexibility index (Phi) is 7.06. The van der Waals surface area contributed by atoms with Gasteiger partial charge in [-0.25, -0.2) is 4.79 Å². The number of carboxylic acid groups (broad SMARTS) is 1. The van der Waals surface area contributed by atoms with Crippen molar-refractivity contribution in [2.24, 2.45) is 5.92 Å². The summed E-state index contributed by atoms with van der Waals surface area (Å²) in [7, 11) is 1.52. The first kappa shape index (κ1) is 18.5. The molecule has 0 aromatic heterocycles. The molecule has 1 rings (SSSR count). The van der Waals surface area contributed by atoms with Crippen LogP contribution in [0.25, 0.3) is 0 Å². The zero-order valence-corrected chi connectivity index (χ0v) is 13.8. The summed E-state index contributed by atoms with van der Waals surface area (Å²) in [6, 6.07) is 5.03. The first-order valence-corrected chi connectivity index (χ1v) is 7.28. The average molecular weight is 318 g/mol. The van der Waals surface area contributed by atoms with E-state index in [4.69, 9.17) is 14.6 Å². The highest BCUT2D eigenvalue weighted by Gasteiger charge is 2.12. The molecule has 0 spiro atoms. The van der Waals surface area contributed by atoms with E-state index >= 15 is 0 Å². The minimum Gasteiger partial charge on any atom is -0.497 e. The molecule has 0 aliphatic heterocycles. The summed E-state index contributed by atoms with van der Waals surface area (Å²) < 4.78 is 10.8. The fourth-order valence-electron chi connectivity index (χ4n) is 1.75. The average Bonchev–Trinajstić information content (AvgIpc) is 2.49. The van der Waals surface area contributed by atoms with Gasteiger partial charge in [-0.1, -0.05) is 19.9 Å². The van der Waals surface area contributed by atoms with Gasteiger partial charge in [0.05, 0.1) is 19.3 Å². The van der Waals surface area contributed by atoms with Crippen molar-refractivity contribution in [3.05, 3.63) is 47.6 Å². The molecule has 0 unspecified atom stereocenters. The number of carboxylic acids is 1. The Morgan fingerprint density at radius 2 is 1.96 bits per heavy atom. The molecule has 1 N–H and O–H groups in total. The van der Waals surface area contributed by atoms with Crippen LogP contribution >= 0.6 is 0 Å². The number of rotatable bonds is 8. The Morgan fingerprint density at radius 3 is 2.52 bits per heavy atom. The molecule has 124 valence electrons. The molecule has 0 atom stereocenters. The third-order valence-corrected chi connectivity index (χ3v) is 2.87. The Hall–Kier alpha value is -2.56. The molecule has 0 saturated carbocycles. The van der Waals surface area contributed by atoms with Crippen LogP contribution in [0.3, 0.4) is 0 Å².